The van der Waals surface area contributed by atoms with Gasteiger partial charge in [-0.2, -0.15) is 4.98 Å². The number of unbranched alkanes of at least 4 members (excludes halogenated alkanes) is 1. The van der Waals surface area contributed by atoms with E-state index >= 15 is 0 Å². The summed E-state index contributed by atoms with van der Waals surface area (Å²) in [6, 6.07) is 0. The van der Waals surface area contributed by atoms with Crippen molar-refractivity contribution in [3.63, 3.8) is 0 Å². The predicted octanol–water partition coefficient (Wildman–Crippen LogP) is 1.54. The minimum absolute atomic E-state index is 0.0193. The van der Waals surface area contributed by atoms with Gasteiger partial charge < -0.3 is 15.0 Å². The molecule has 0 aliphatic carbocycles. The van der Waals surface area contributed by atoms with Gasteiger partial charge in [-0.15, -0.1) is 0 Å². The minimum Gasteiger partial charge on any atom is -0.473 e. The van der Waals surface area contributed by atoms with Gasteiger partial charge >= 0.3 is 5.69 Å². The van der Waals surface area contributed by atoms with E-state index in [4.69, 9.17) is 4.74 Å². The monoisotopic (exact) mass is 283 g/mol. The van der Waals surface area contributed by atoms with E-state index in [1.54, 1.807) is 0 Å². The van der Waals surface area contributed by atoms with Crippen LogP contribution in [0, 0.1) is 10.1 Å². The highest BCUT2D eigenvalue weighted by Gasteiger charge is 2.24. The molecule has 20 heavy (non-hydrogen) atoms. The second-order valence-corrected chi connectivity index (χ2v) is 4.57. The number of hydrogen-bond acceptors (Lipinski definition) is 7. The number of nitrogens with zero attached hydrogens (tertiary/aromatic N) is 4. The van der Waals surface area contributed by atoms with Crippen LogP contribution in [0.2, 0.25) is 0 Å². The fourth-order valence-electron chi connectivity index (χ4n) is 1.47. The molecule has 8 nitrogen and oxygen atoms in total. The van der Waals surface area contributed by atoms with Crippen LogP contribution in [-0.4, -0.2) is 53.6 Å². The van der Waals surface area contributed by atoms with Gasteiger partial charge in [-0.05, 0) is 20.5 Å². The zero-order valence-corrected chi connectivity index (χ0v) is 12.1. The normalized spacial score (nSPS) is 10.6. The van der Waals surface area contributed by atoms with Crippen molar-refractivity contribution in [2.45, 2.75) is 19.8 Å². The standard InChI is InChI=1S/C12H21N5O3/c1-4-5-8-20-12-10(17(18)19)11(14-9-15-12)13-6-7-16(2)3/h9H,4-8H2,1-3H3,(H,13,14,15). The van der Waals surface area contributed by atoms with Crippen LogP contribution in [0.25, 0.3) is 0 Å². The maximum Gasteiger partial charge on any atom is 0.372 e. The molecule has 0 unspecified atom stereocenters. The van der Waals surface area contributed by atoms with Crippen LogP contribution < -0.4 is 10.1 Å². The summed E-state index contributed by atoms with van der Waals surface area (Å²) in [7, 11) is 3.85. The fraction of sp³-hybridized carbons (Fsp3) is 0.667. The Hall–Kier alpha value is -1.96. The fourth-order valence-corrected chi connectivity index (χ4v) is 1.47. The number of rotatable bonds is 9. The molecule has 0 atom stereocenters. The molecule has 0 radical (unpaired) electrons. The Bertz CT molecular complexity index is 439. The number of aromatic nitrogens is 2. The van der Waals surface area contributed by atoms with E-state index < -0.39 is 4.92 Å². The largest absolute Gasteiger partial charge is 0.473 e. The molecule has 1 aromatic rings. The predicted molar refractivity (Wildman–Crippen MR) is 76.1 cm³/mol. The lowest BCUT2D eigenvalue weighted by Gasteiger charge is -2.12. The topological polar surface area (TPSA) is 93.4 Å². The Labute approximate surface area is 118 Å². The second kappa shape index (κ2) is 8.26. The second-order valence-electron chi connectivity index (χ2n) is 4.57. The lowest BCUT2D eigenvalue weighted by molar-refractivity contribution is -0.385. The summed E-state index contributed by atoms with van der Waals surface area (Å²) in [6.07, 6.45) is 3.05. The smallest absolute Gasteiger partial charge is 0.372 e. The average Bonchev–Trinajstić information content (AvgIpc) is 2.38. The third-order valence-electron chi connectivity index (χ3n) is 2.56. The van der Waals surface area contributed by atoms with E-state index in [1.165, 1.54) is 6.33 Å². The molecule has 0 spiro atoms. The number of nitro groups is 1. The molecule has 1 N–H and O–H groups in total. The van der Waals surface area contributed by atoms with Crippen LogP contribution >= 0.6 is 0 Å². The molecule has 112 valence electrons. The summed E-state index contributed by atoms with van der Waals surface area (Å²) in [4.78, 5) is 20.4. The van der Waals surface area contributed by atoms with Gasteiger partial charge in [0.15, 0.2) is 0 Å². The Kier molecular flexibility index (Phi) is 6.65. The lowest BCUT2D eigenvalue weighted by atomic mass is 10.3. The van der Waals surface area contributed by atoms with Crippen molar-refractivity contribution in [2.24, 2.45) is 0 Å². The number of nitrogens with one attached hydrogen (secondary N) is 1. The summed E-state index contributed by atoms with van der Waals surface area (Å²) in [5, 5.41) is 14.1. The van der Waals surface area contributed by atoms with E-state index in [0.29, 0.717) is 13.2 Å². The molecule has 1 heterocycles. The van der Waals surface area contributed by atoms with Crippen LogP contribution in [0.3, 0.4) is 0 Å². The minimum atomic E-state index is -0.515. The zero-order valence-electron chi connectivity index (χ0n) is 12.1. The van der Waals surface area contributed by atoms with Gasteiger partial charge in [0.2, 0.25) is 5.82 Å². The molecule has 8 heteroatoms. The average molecular weight is 283 g/mol. The molecule has 1 aromatic heterocycles. The summed E-state index contributed by atoms with van der Waals surface area (Å²) < 4.78 is 5.36. The molecular formula is C12H21N5O3. The zero-order chi connectivity index (χ0) is 15.0. The van der Waals surface area contributed by atoms with Gasteiger partial charge in [0.1, 0.15) is 6.33 Å². The van der Waals surface area contributed by atoms with Crippen molar-refractivity contribution < 1.29 is 9.66 Å². The Balaban J connectivity index is 2.82. The first-order valence-corrected chi connectivity index (χ1v) is 6.57. The third kappa shape index (κ3) is 4.96. The van der Waals surface area contributed by atoms with Gasteiger partial charge in [0, 0.05) is 13.1 Å². The van der Waals surface area contributed by atoms with Crippen molar-refractivity contribution >= 4 is 11.5 Å². The van der Waals surface area contributed by atoms with E-state index in [0.717, 1.165) is 19.4 Å². The van der Waals surface area contributed by atoms with Gasteiger partial charge in [0.25, 0.3) is 5.88 Å². The highest BCUT2D eigenvalue weighted by Crippen LogP contribution is 2.30. The van der Waals surface area contributed by atoms with Crippen molar-refractivity contribution in [3.8, 4) is 5.88 Å². The molecule has 0 saturated heterocycles. The Morgan fingerprint density at radius 3 is 2.80 bits per heavy atom. The van der Waals surface area contributed by atoms with E-state index in [9.17, 15) is 10.1 Å². The van der Waals surface area contributed by atoms with E-state index in [1.807, 2.05) is 25.9 Å². The van der Waals surface area contributed by atoms with Crippen molar-refractivity contribution in [2.75, 3.05) is 39.1 Å². The Morgan fingerprint density at radius 2 is 2.20 bits per heavy atom. The lowest BCUT2D eigenvalue weighted by Crippen LogP contribution is -2.21. The molecular weight excluding hydrogens is 262 g/mol. The highest BCUT2D eigenvalue weighted by atomic mass is 16.6. The van der Waals surface area contributed by atoms with Crippen LogP contribution in [0.15, 0.2) is 6.33 Å². The van der Waals surface area contributed by atoms with Crippen molar-refractivity contribution in [3.05, 3.63) is 16.4 Å². The Morgan fingerprint density at radius 1 is 1.45 bits per heavy atom. The van der Waals surface area contributed by atoms with Crippen LogP contribution in [0.5, 0.6) is 5.88 Å². The van der Waals surface area contributed by atoms with E-state index in [2.05, 4.69) is 15.3 Å². The summed E-state index contributed by atoms with van der Waals surface area (Å²) in [5.74, 6) is 0.212. The molecule has 0 aliphatic rings. The summed E-state index contributed by atoms with van der Waals surface area (Å²) in [6.45, 7) is 3.73. The van der Waals surface area contributed by atoms with Crippen LogP contribution in [0.1, 0.15) is 19.8 Å². The van der Waals surface area contributed by atoms with Gasteiger partial charge in [-0.1, -0.05) is 13.3 Å². The number of anilines is 1. The number of ether oxygens (including phenoxy) is 1. The van der Waals surface area contributed by atoms with Crippen LogP contribution in [-0.2, 0) is 0 Å². The van der Waals surface area contributed by atoms with Gasteiger partial charge in [-0.25, -0.2) is 4.98 Å². The molecule has 0 amide bonds. The maximum absolute atomic E-state index is 11.2. The quantitative estimate of drug-likeness (QED) is 0.417. The molecule has 0 aromatic carbocycles. The first-order valence-electron chi connectivity index (χ1n) is 6.57. The SMILES string of the molecule is CCCCOc1ncnc(NCCN(C)C)c1[N+](=O)[O-]. The van der Waals surface area contributed by atoms with E-state index in [-0.39, 0.29) is 17.4 Å². The molecule has 0 saturated carbocycles. The van der Waals surface area contributed by atoms with Crippen molar-refractivity contribution in [1.82, 2.24) is 14.9 Å². The first kappa shape index (κ1) is 16.1. The molecule has 0 fully saturated rings. The van der Waals surface area contributed by atoms with Crippen molar-refractivity contribution in [1.29, 1.82) is 0 Å². The third-order valence-corrected chi connectivity index (χ3v) is 2.56. The van der Waals surface area contributed by atoms with Gasteiger partial charge in [0.05, 0.1) is 11.5 Å². The van der Waals surface area contributed by atoms with Crippen LogP contribution in [0.4, 0.5) is 11.5 Å². The maximum atomic E-state index is 11.2. The summed E-state index contributed by atoms with van der Waals surface area (Å²) in [5.41, 5.74) is -0.206. The first-order chi connectivity index (χ1) is 9.56. The summed E-state index contributed by atoms with van der Waals surface area (Å²) >= 11 is 0. The van der Waals surface area contributed by atoms with Gasteiger partial charge in [-0.3, -0.25) is 10.1 Å². The molecule has 1 rings (SSSR count). The molecule has 0 bridgehead atoms. The number of likely N-dealkylation sites (N-methyl/N-ethyl adjacent to an activating group) is 1. The number of hydrogen-bond donors (Lipinski definition) is 1. The molecule has 0 aliphatic heterocycles. The highest BCUT2D eigenvalue weighted by molar-refractivity contribution is 5.61.